The number of hydrogen-bond acceptors (Lipinski definition) is 4. The molecule has 0 N–H and O–H groups in total. The van der Waals surface area contributed by atoms with Crippen LogP contribution >= 0.6 is 45.3 Å². The zero-order valence-corrected chi connectivity index (χ0v) is 26.3. The highest BCUT2D eigenvalue weighted by molar-refractivity contribution is 7.37. The van der Waals surface area contributed by atoms with E-state index in [9.17, 15) is 0 Å². The number of rotatable bonds is 14. The fourth-order valence-corrected chi connectivity index (χ4v) is 11.1. The topological polar surface area (TPSA) is 0 Å². The van der Waals surface area contributed by atoms with E-state index in [0.717, 1.165) is 0 Å². The SMILES string of the molecule is CCCCCCCCc1cc2c(ccc3c2sc2c4ccc5sc(CCCCCCCC)cc5c4sc32)s1. The van der Waals surface area contributed by atoms with Gasteiger partial charge in [-0.25, -0.2) is 0 Å². The average Bonchev–Trinajstić information content (AvgIpc) is 3.68. The van der Waals surface area contributed by atoms with Gasteiger partial charge in [0, 0.05) is 50.1 Å². The largest absolute Gasteiger partial charge is 0.140 e. The second-order valence-electron chi connectivity index (χ2n) is 11.0. The summed E-state index contributed by atoms with van der Waals surface area (Å²) in [6.07, 6.45) is 19.0. The molecule has 0 radical (unpaired) electrons. The summed E-state index contributed by atoms with van der Waals surface area (Å²) in [4.78, 5) is 3.14. The van der Waals surface area contributed by atoms with Crippen molar-refractivity contribution in [1.29, 1.82) is 0 Å². The molecular weight excluding hydrogens is 537 g/mol. The molecule has 4 aromatic heterocycles. The van der Waals surface area contributed by atoms with Crippen molar-refractivity contribution >= 4 is 95.1 Å². The Morgan fingerprint density at radius 3 is 1.29 bits per heavy atom. The predicted molar refractivity (Wildman–Crippen MR) is 180 cm³/mol. The molecule has 0 aliphatic heterocycles. The summed E-state index contributed by atoms with van der Waals surface area (Å²) >= 11 is 8.12. The molecule has 0 saturated heterocycles. The molecule has 0 atom stereocenters. The van der Waals surface area contributed by atoms with E-state index < -0.39 is 0 Å². The van der Waals surface area contributed by atoms with Gasteiger partial charge < -0.3 is 0 Å². The lowest BCUT2D eigenvalue weighted by molar-refractivity contribution is 0.609. The third-order valence-electron chi connectivity index (χ3n) is 8.06. The van der Waals surface area contributed by atoms with Crippen molar-refractivity contribution in [2.24, 2.45) is 0 Å². The van der Waals surface area contributed by atoms with Gasteiger partial charge in [0.15, 0.2) is 0 Å². The van der Waals surface area contributed by atoms with Crippen LogP contribution in [0.4, 0.5) is 0 Å². The third-order valence-corrected chi connectivity index (χ3v) is 13.1. The minimum absolute atomic E-state index is 1.24. The molecule has 0 nitrogen and oxygen atoms in total. The average molecular weight is 577 g/mol. The Morgan fingerprint density at radius 1 is 0.421 bits per heavy atom. The Labute approximate surface area is 243 Å². The summed E-state index contributed by atoms with van der Waals surface area (Å²) in [5.74, 6) is 0. The van der Waals surface area contributed by atoms with Crippen molar-refractivity contribution in [2.75, 3.05) is 0 Å². The van der Waals surface area contributed by atoms with Gasteiger partial charge in [-0.05, 0) is 49.9 Å². The van der Waals surface area contributed by atoms with E-state index in [-0.39, 0.29) is 0 Å². The van der Waals surface area contributed by atoms with E-state index in [2.05, 4.69) is 50.2 Å². The summed E-state index contributed by atoms with van der Waals surface area (Å²) in [5.41, 5.74) is 0. The van der Waals surface area contributed by atoms with Crippen molar-refractivity contribution < 1.29 is 0 Å². The summed E-state index contributed by atoms with van der Waals surface area (Å²) in [7, 11) is 0. The van der Waals surface area contributed by atoms with Gasteiger partial charge in [0.05, 0.1) is 9.40 Å². The van der Waals surface area contributed by atoms with Crippen LogP contribution in [-0.4, -0.2) is 0 Å². The van der Waals surface area contributed by atoms with Gasteiger partial charge in [-0.15, -0.1) is 45.3 Å². The van der Waals surface area contributed by atoms with E-state index >= 15 is 0 Å². The lowest BCUT2D eigenvalue weighted by atomic mass is 10.1. The molecule has 0 bridgehead atoms. The first-order chi connectivity index (χ1) is 18.8. The van der Waals surface area contributed by atoms with Gasteiger partial charge in [0.2, 0.25) is 0 Å². The fraction of sp³-hybridized carbons (Fsp3) is 0.471. The number of unbranched alkanes of at least 4 members (excludes halogenated alkanes) is 10. The standard InChI is InChI=1S/C34H40S4/c1-3-5-7-9-11-13-15-23-21-27-29(35-23)19-17-25-31(27)37-34-26-18-20-30-28(32(26)38-33(25)34)22-24(36-30)16-14-12-10-8-6-4-2/h17-22H,3-16H2,1-2H3. The van der Waals surface area contributed by atoms with Crippen LogP contribution in [0.5, 0.6) is 0 Å². The number of benzene rings is 2. The lowest BCUT2D eigenvalue weighted by Crippen LogP contribution is -1.82. The molecule has 0 amide bonds. The predicted octanol–water partition coefficient (Wildman–Crippen LogP) is 13.5. The van der Waals surface area contributed by atoms with Crippen LogP contribution in [0, 0.1) is 0 Å². The van der Waals surface area contributed by atoms with Crippen molar-refractivity contribution in [2.45, 2.75) is 104 Å². The molecule has 0 aliphatic rings. The molecule has 0 fully saturated rings. The molecular formula is C34H40S4. The maximum absolute atomic E-state index is 2.52. The fourth-order valence-electron chi connectivity index (χ4n) is 5.91. The van der Waals surface area contributed by atoms with Crippen LogP contribution in [-0.2, 0) is 12.8 Å². The van der Waals surface area contributed by atoms with Gasteiger partial charge in [-0.1, -0.05) is 90.2 Å². The minimum Gasteiger partial charge on any atom is -0.140 e. The van der Waals surface area contributed by atoms with Gasteiger partial charge >= 0.3 is 0 Å². The molecule has 0 unspecified atom stereocenters. The molecule has 200 valence electrons. The zero-order valence-electron chi connectivity index (χ0n) is 23.0. The number of fused-ring (bicyclic) bond motifs is 9. The molecule has 2 aromatic carbocycles. The maximum atomic E-state index is 2.52. The zero-order chi connectivity index (χ0) is 25.9. The lowest BCUT2D eigenvalue weighted by Gasteiger charge is -1.98. The first-order valence-electron chi connectivity index (χ1n) is 15.0. The van der Waals surface area contributed by atoms with E-state index in [4.69, 9.17) is 0 Å². The Kier molecular flexibility index (Phi) is 8.71. The highest BCUT2D eigenvalue weighted by Gasteiger charge is 2.17. The third kappa shape index (κ3) is 5.44. The van der Waals surface area contributed by atoms with E-state index in [0.29, 0.717) is 0 Å². The number of aryl methyl sites for hydroxylation is 2. The smallest absolute Gasteiger partial charge is 0.0542 e. The monoisotopic (exact) mass is 576 g/mol. The molecule has 6 rings (SSSR count). The van der Waals surface area contributed by atoms with Gasteiger partial charge in [-0.3, -0.25) is 0 Å². The van der Waals surface area contributed by atoms with E-state index in [1.54, 1.807) is 9.75 Å². The minimum atomic E-state index is 1.24. The maximum Gasteiger partial charge on any atom is 0.0542 e. The molecule has 0 saturated carbocycles. The molecule has 4 heteroatoms. The van der Waals surface area contributed by atoms with Crippen molar-refractivity contribution in [3.05, 3.63) is 46.2 Å². The van der Waals surface area contributed by atoms with Crippen molar-refractivity contribution in [1.82, 2.24) is 0 Å². The Hall–Kier alpha value is -1.46. The molecule has 0 aliphatic carbocycles. The highest BCUT2D eigenvalue weighted by Crippen LogP contribution is 2.49. The molecule has 6 aromatic rings. The number of hydrogen-bond donors (Lipinski definition) is 0. The van der Waals surface area contributed by atoms with Crippen LogP contribution < -0.4 is 0 Å². The van der Waals surface area contributed by atoms with E-state index in [1.807, 2.05) is 45.3 Å². The second-order valence-corrected chi connectivity index (χ2v) is 15.4. The Bertz CT molecular complexity index is 1530. The van der Waals surface area contributed by atoms with Crippen molar-refractivity contribution in [3.8, 4) is 0 Å². The number of thiophene rings is 4. The quantitative estimate of drug-likeness (QED) is 0.113. The molecule has 4 heterocycles. The summed E-state index contributed by atoms with van der Waals surface area (Å²) in [6, 6.07) is 14.6. The highest BCUT2D eigenvalue weighted by atomic mass is 32.1. The summed E-state index contributed by atoms with van der Waals surface area (Å²) in [6.45, 7) is 4.60. The van der Waals surface area contributed by atoms with Crippen LogP contribution in [0.2, 0.25) is 0 Å². The second kappa shape index (κ2) is 12.4. The van der Waals surface area contributed by atoms with Crippen LogP contribution in [0.25, 0.3) is 49.7 Å². The summed E-state index contributed by atoms with van der Waals surface area (Å²) < 4.78 is 8.95. The van der Waals surface area contributed by atoms with Gasteiger partial charge in [-0.2, -0.15) is 0 Å². The normalized spacial score (nSPS) is 12.4. The van der Waals surface area contributed by atoms with Crippen LogP contribution in [0.15, 0.2) is 36.4 Å². The first kappa shape index (κ1) is 26.7. The Morgan fingerprint density at radius 2 is 0.842 bits per heavy atom. The molecule has 0 spiro atoms. The van der Waals surface area contributed by atoms with Crippen molar-refractivity contribution in [3.63, 3.8) is 0 Å². The summed E-state index contributed by atoms with van der Waals surface area (Å²) in [5, 5.41) is 5.93. The molecule has 38 heavy (non-hydrogen) atoms. The first-order valence-corrected chi connectivity index (χ1v) is 18.2. The Balaban J connectivity index is 1.24. The van der Waals surface area contributed by atoms with Gasteiger partial charge in [0.1, 0.15) is 0 Å². The van der Waals surface area contributed by atoms with Crippen LogP contribution in [0.3, 0.4) is 0 Å². The van der Waals surface area contributed by atoms with E-state index in [1.165, 1.54) is 140 Å². The van der Waals surface area contributed by atoms with Crippen LogP contribution in [0.1, 0.15) is 101 Å². The van der Waals surface area contributed by atoms with Gasteiger partial charge in [0.25, 0.3) is 0 Å².